The molecule has 118 valence electrons. The zero-order valence-electron chi connectivity index (χ0n) is 12.5. The SMILES string of the molecule is O=C(COC(=O)c1ccc(F)cc1)Nc1ccc2c(c1)CCC2. The summed E-state index contributed by atoms with van der Waals surface area (Å²) in [4.78, 5) is 23.6. The maximum atomic E-state index is 12.8. The van der Waals surface area contributed by atoms with Gasteiger partial charge < -0.3 is 10.1 Å². The quantitative estimate of drug-likeness (QED) is 0.882. The highest BCUT2D eigenvalue weighted by Gasteiger charge is 2.13. The van der Waals surface area contributed by atoms with Crippen molar-refractivity contribution < 1.29 is 18.7 Å². The lowest BCUT2D eigenvalue weighted by molar-refractivity contribution is -0.119. The first-order valence-corrected chi connectivity index (χ1v) is 7.46. The number of esters is 1. The molecule has 2 aromatic rings. The van der Waals surface area contributed by atoms with Crippen LogP contribution < -0.4 is 5.32 Å². The molecule has 0 aromatic heterocycles. The molecule has 5 heteroatoms. The van der Waals surface area contributed by atoms with Crippen molar-refractivity contribution in [2.75, 3.05) is 11.9 Å². The maximum absolute atomic E-state index is 12.8. The number of anilines is 1. The Morgan fingerprint density at radius 2 is 1.78 bits per heavy atom. The van der Waals surface area contributed by atoms with E-state index in [-0.39, 0.29) is 12.2 Å². The Kier molecular flexibility index (Phi) is 4.37. The van der Waals surface area contributed by atoms with Crippen molar-refractivity contribution in [2.24, 2.45) is 0 Å². The van der Waals surface area contributed by atoms with E-state index in [0.717, 1.165) is 19.3 Å². The highest BCUT2D eigenvalue weighted by Crippen LogP contribution is 2.24. The lowest BCUT2D eigenvalue weighted by Gasteiger charge is -2.08. The number of hydrogen-bond donors (Lipinski definition) is 1. The van der Waals surface area contributed by atoms with E-state index in [2.05, 4.69) is 5.32 Å². The van der Waals surface area contributed by atoms with Gasteiger partial charge in [-0.2, -0.15) is 0 Å². The molecule has 0 spiro atoms. The predicted molar refractivity (Wildman–Crippen MR) is 83.8 cm³/mol. The largest absolute Gasteiger partial charge is 0.452 e. The molecule has 0 fully saturated rings. The van der Waals surface area contributed by atoms with Gasteiger partial charge >= 0.3 is 5.97 Å². The molecule has 0 bridgehead atoms. The van der Waals surface area contributed by atoms with Crippen LogP contribution in [0.4, 0.5) is 10.1 Å². The molecule has 1 N–H and O–H groups in total. The summed E-state index contributed by atoms with van der Waals surface area (Å²) < 4.78 is 17.7. The lowest BCUT2D eigenvalue weighted by Crippen LogP contribution is -2.21. The third kappa shape index (κ3) is 3.74. The van der Waals surface area contributed by atoms with Crippen molar-refractivity contribution in [1.29, 1.82) is 0 Å². The van der Waals surface area contributed by atoms with Gasteiger partial charge in [0.15, 0.2) is 6.61 Å². The summed E-state index contributed by atoms with van der Waals surface area (Å²) in [6.07, 6.45) is 3.25. The van der Waals surface area contributed by atoms with Gasteiger partial charge in [-0.1, -0.05) is 6.07 Å². The Morgan fingerprint density at radius 3 is 2.57 bits per heavy atom. The molecular formula is C18H16FNO3. The van der Waals surface area contributed by atoms with E-state index >= 15 is 0 Å². The van der Waals surface area contributed by atoms with Gasteiger partial charge in [0.05, 0.1) is 5.56 Å². The van der Waals surface area contributed by atoms with Gasteiger partial charge in [-0.05, 0) is 66.8 Å². The number of carbonyl (C=O) groups excluding carboxylic acids is 2. The highest BCUT2D eigenvalue weighted by atomic mass is 19.1. The fourth-order valence-electron chi connectivity index (χ4n) is 2.65. The van der Waals surface area contributed by atoms with Gasteiger partial charge in [-0.25, -0.2) is 9.18 Å². The van der Waals surface area contributed by atoms with Crippen molar-refractivity contribution >= 4 is 17.6 Å². The number of carbonyl (C=O) groups is 2. The minimum absolute atomic E-state index is 0.205. The molecule has 23 heavy (non-hydrogen) atoms. The minimum atomic E-state index is -0.658. The molecule has 1 aliphatic carbocycles. The number of halogens is 1. The molecule has 1 amide bonds. The van der Waals surface area contributed by atoms with Crippen LogP contribution in [0.15, 0.2) is 42.5 Å². The van der Waals surface area contributed by atoms with Crippen LogP contribution in [0.25, 0.3) is 0 Å². The van der Waals surface area contributed by atoms with Gasteiger partial charge in [0.2, 0.25) is 0 Å². The van der Waals surface area contributed by atoms with E-state index in [0.29, 0.717) is 5.69 Å². The van der Waals surface area contributed by atoms with Crippen LogP contribution in [0, 0.1) is 5.82 Å². The first-order chi connectivity index (χ1) is 11.1. The smallest absolute Gasteiger partial charge is 0.338 e. The molecule has 0 aliphatic heterocycles. The van der Waals surface area contributed by atoms with Gasteiger partial charge in [0.25, 0.3) is 5.91 Å². The zero-order chi connectivity index (χ0) is 16.2. The second-order valence-electron chi connectivity index (χ2n) is 5.47. The highest BCUT2D eigenvalue weighted by molar-refractivity contribution is 5.95. The van der Waals surface area contributed by atoms with Crippen LogP contribution in [0.1, 0.15) is 27.9 Å². The third-order valence-electron chi connectivity index (χ3n) is 3.80. The van der Waals surface area contributed by atoms with E-state index in [9.17, 15) is 14.0 Å². The number of benzene rings is 2. The first-order valence-electron chi connectivity index (χ1n) is 7.46. The van der Waals surface area contributed by atoms with Crippen molar-refractivity contribution in [3.05, 3.63) is 65.0 Å². The fourth-order valence-corrected chi connectivity index (χ4v) is 2.65. The average Bonchev–Trinajstić information content (AvgIpc) is 3.01. The summed E-state index contributed by atoms with van der Waals surface area (Å²) in [5.74, 6) is -1.50. The maximum Gasteiger partial charge on any atom is 0.338 e. The van der Waals surface area contributed by atoms with Crippen LogP contribution >= 0.6 is 0 Å². The van der Waals surface area contributed by atoms with Crippen molar-refractivity contribution in [1.82, 2.24) is 0 Å². The Hall–Kier alpha value is -2.69. The van der Waals surface area contributed by atoms with Crippen LogP contribution in [0.3, 0.4) is 0 Å². The number of fused-ring (bicyclic) bond motifs is 1. The molecule has 4 nitrogen and oxygen atoms in total. The van der Waals surface area contributed by atoms with Gasteiger partial charge in [0, 0.05) is 5.69 Å². The molecule has 1 aliphatic rings. The van der Waals surface area contributed by atoms with Crippen molar-refractivity contribution in [3.63, 3.8) is 0 Å². The Balaban J connectivity index is 1.53. The first kappa shape index (κ1) is 15.2. The topological polar surface area (TPSA) is 55.4 Å². The molecule has 0 radical (unpaired) electrons. The summed E-state index contributed by atoms with van der Waals surface area (Å²) >= 11 is 0. The van der Waals surface area contributed by atoms with E-state index in [4.69, 9.17) is 4.74 Å². The van der Waals surface area contributed by atoms with Gasteiger partial charge in [-0.3, -0.25) is 4.79 Å². The number of amides is 1. The summed E-state index contributed by atoms with van der Waals surface area (Å²) in [6.45, 7) is -0.382. The Labute approximate surface area is 133 Å². The van der Waals surface area contributed by atoms with E-state index in [1.807, 2.05) is 18.2 Å². The zero-order valence-corrected chi connectivity index (χ0v) is 12.5. The van der Waals surface area contributed by atoms with Crippen LogP contribution in [0.2, 0.25) is 0 Å². The summed E-state index contributed by atoms with van der Waals surface area (Å²) in [5.41, 5.74) is 3.49. The molecule has 0 saturated heterocycles. The van der Waals surface area contributed by atoms with Crippen molar-refractivity contribution in [2.45, 2.75) is 19.3 Å². The summed E-state index contributed by atoms with van der Waals surface area (Å²) in [6, 6.07) is 10.8. The lowest BCUT2D eigenvalue weighted by atomic mass is 10.1. The number of rotatable bonds is 4. The normalized spacial score (nSPS) is 12.6. The molecule has 3 rings (SSSR count). The number of nitrogens with one attached hydrogen (secondary N) is 1. The van der Waals surface area contributed by atoms with Gasteiger partial charge in [-0.15, -0.1) is 0 Å². The number of aryl methyl sites for hydroxylation is 2. The molecule has 0 saturated carbocycles. The van der Waals surface area contributed by atoms with Crippen molar-refractivity contribution in [3.8, 4) is 0 Å². The Morgan fingerprint density at radius 1 is 1.04 bits per heavy atom. The number of hydrogen-bond acceptors (Lipinski definition) is 3. The second-order valence-corrected chi connectivity index (χ2v) is 5.47. The van der Waals surface area contributed by atoms with Crippen LogP contribution in [0.5, 0.6) is 0 Å². The van der Waals surface area contributed by atoms with E-state index < -0.39 is 17.7 Å². The Bertz CT molecular complexity index is 740. The summed E-state index contributed by atoms with van der Waals surface area (Å²) in [7, 11) is 0. The standard InChI is InChI=1S/C18H16FNO3/c19-15-7-4-13(5-8-15)18(22)23-11-17(21)20-16-9-6-12-2-1-3-14(12)10-16/h4-10H,1-3,11H2,(H,20,21). The number of ether oxygens (including phenoxy) is 1. The molecule has 0 atom stereocenters. The van der Waals surface area contributed by atoms with Crippen LogP contribution in [-0.2, 0) is 22.4 Å². The monoisotopic (exact) mass is 313 g/mol. The van der Waals surface area contributed by atoms with Gasteiger partial charge in [0.1, 0.15) is 5.82 Å². The van der Waals surface area contributed by atoms with E-state index in [1.165, 1.54) is 35.4 Å². The second kappa shape index (κ2) is 6.60. The molecule has 2 aromatic carbocycles. The third-order valence-corrected chi connectivity index (χ3v) is 3.80. The fraction of sp³-hybridized carbons (Fsp3) is 0.222. The molecule has 0 heterocycles. The predicted octanol–water partition coefficient (Wildman–Crippen LogP) is 3.11. The average molecular weight is 313 g/mol. The van der Waals surface area contributed by atoms with E-state index in [1.54, 1.807) is 0 Å². The van der Waals surface area contributed by atoms with Crippen LogP contribution in [-0.4, -0.2) is 18.5 Å². The minimum Gasteiger partial charge on any atom is -0.452 e. The molecular weight excluding hydrogens is 297 g/mol. The molecule has 0 unspecified atom stereocenters. The summed E-state index contributed by atoms with van der Waals surface area (Å²) in [5, 5.41) is 2.71.